The van der Waals surface area contributed by atoms with Gasteiger partial charge in [0.25, 0.3) is 5.91 Å². The van der Waals surface area contributed by atoms with Gasteiger partial charge in [0.2, 0.25) is 0 Å². The normalized spacial score (nSPS) is 17.6. The molecule has 1 saturated carbocycles. The van der Waals surface area contributed by atoms with Gasteiger partial charge in [0.15, 0.2) is 0 Å². The second-order valence-electron chi connectivity index (χ2n) is 4.29. The van der Waals surface area contributed by atoms with Crippen molar-refractivity contribution in [3.05, 3.63) is 29.0 Å². The lowest BCUT2D eigenvalue weighted by atomic mass is 9.80. The summed E-state index contributed by atoms with van der Waals surface area (Å²) in [6.07, 6.45) is 5.28. The molecule has 1 heterocycles. The lowest BCUT2D eigenvalue weighted by Gasteiger charge is -2.31. The third-order valence-electron chi connectivity index (χ3n) is 3.22. The Bertz CT molecular complexity index is 390. The van der Waals surface area contributed by atoms with Gasteiger partial charge in [0.1, 0.15) is 5.15 Å². The molecule has 16 heavy (non-hydrogen) atoms. The van der Waals surface area contributed by atoms with Crippen LogP contribution in [0.3, 0.4) is 0 Å². The molecule has 0 bridgehead atoms. The van der Waals surface area contributed by atoms with Crippen LogP contribution in [0.2, 0.25) is 5.15 Å². The van der Waals surface area contributed by atoms with Crippen LogP contribution in [0.1, 0.15) is 36.5 Å². The van der Waals surface area contributed by atoms with Crippen LogP contribution in [0.5, 0.6) is 0 Å². The molecule has 1 fully saturated rings. The van der Waals surface area contributed by atoms with Gasteiger partial charge in [-0.1, -0.05) is 18.0 Å². The Morgan fingerprint density at radius 3 is 2.94 bits per heavy atom. The van der Waals surface area contributed by atoms with Crippen molar-refractivity contribution in [3.63, 3.8) is 0 Å². The van der Waals surface area contributed by atoms with E-state index in [0.29, 0.717) is 11.5 Å². The zero-order chi connectivity index (χ0) is 11.5. The predicted molar refractivity (Wildman–Crippen MR) is 63.5 cm³/mol. The van der Waals surface area contributed by atoms with Gasteiger partial charge in [-0.3, -0.25) is 4.79 Å². The molecule has 1 aliphatic carbocycles. The van der Waals surface area contributed by atoms with Crippen LogP contribution in [0.4, 0.5) is 0 Å². The molecular formula is C12H15ClN2O. The number of carbonyl (C=O) groups excluding carboxylic acids is 1. The summed E-state index contributed by atoms with van der Waals surface area (Å²) in [6, 6.07) is 3.63. The van der Waals surface area contributed by atoms with E-state index in [1.165, 1.54) is 19.3 Å². The van der Waals surface area contributed by atoms with Gasteiger partial charge in [0.05, 0.1) is 5.56 Å². The molecule has 1 unspecified atom stereocenters. The van der Waals surface area contributed by atoms with Gasteiger partial charge < -0.3 is 5.32 Å². The van der Waals surface area contributed by atoms with E-state index < -0.39 is 0 Å². The van der Waals surface area contributed by atoms with E-state index in [1.54, 1.807) is 18.3 Å². The van der Waals surface area contributed by atoms with Gasteiger partial charge in [-0.05, 0) is 37.8 Å². The highest BCUT2D eigenvalue weighted by molar-refractivity contribution is 6.32. The monoisotopic (exact) mass is 238 g/mol. The molecule has 0 saturated heterocycles. The number of carbonyl (C=O) groups is 1. The smallest absolute Gasteiger partial charge is 0.254 e. The first-order valence-electron chi connectivity index (χ1n) is 5.60. The Morgan fingerprint density at radius 1 is 1.62 bits per heavy atom. The lowest BCUT2D eigenvalue weighted by Crippen LogP contribution is -2.40. The first kappa shape index (κ1) is 11.4. The molecule has 1 aromatic rings. The average molecular weight is 239 g/mol. The minimum atomic E-state index is -0.127. The highest BCUT2D eigenvalue weighted by Gasteiger charge is 2.25. The third-order valence-corrected chi connectivity index (χ3v) is 3.52. The van der Waals surface area contributed by atoms with Crippen LogP contribution in [-0.4, -0.2) is 16.9 Å². The number of pyridine rings is 1. The van der Waals surface area contributed by atoms with Crippen molar-refractivity contribution in [2.24, 2.45) is 5.92 Å². The minimum absolute atomic E-state index is 0.127. The lowest BCUT2D eigenvalue weighted by molar-refractivity contribution is 0.0909. The van der Waals surface area contributed by atoms with E-state index in [-0.39, 0.29) is 17.1 Å². The maximum absolute atomic E-state index is 11.9. The Kier molecular flexibility index (Phi) is 3.44. The summed E-state index contributed by atoms with van der Waals surface area (Å²) in [5.41, 5.74) is 0.454. The van der Waals surface area contributed by atoms with Gasteiger partial charge in [0, 0.05) is 12.2 Å². The number of nitrogens with one attached hydrogen (secondary N) is 1. The summed E-state index contributed by atoms with van der Waals surface area (Å²) in [4.78, 5) is 15.8. The molecule has 2 rings (SSSR count). The summed E-state index contributed by atoms with van der Waals surface area (Å²) in [7, 11) is 0. The summed E-state index contributed by atoms with van der Waals surface area (Å²) < 4.78 is 0. The van der Waals surface area contributed by atoms with Crippen molar-refractivity contribution < 1.29 is 4.79 Å². The van der Waals surface area contributed by atoms with Crippen LogP contribution in [0.25, 0.3) is 0 Å². The highest BCUT2D eigenvalue weighted by atomic mass is 35.5. The summed E-state index contributed by atoms with van der Waals surface area (Å²) in [5.74, 6) is 0.497. The maximum atomic E-state index is 11.9. The predicted octanol–water partition coefficient (Wildman–Crippen LogP) is 2.65. The van der Waals surface area contributed by atoms with Crippen LogP contribution in [0.15, 0.2) is 18.3 Å². The first-order chi connectivity index (χ1) is 7.68. The molecule has 1 N–H and O–H groups in total. The van der Waals surface area contributed by atoms with E-state index in [1.807, 2.05) is 6.92 Å². The number of hydrogen-bond acceptors (Lipinski definition) is 2. The topological polar surface area (TPSA) is 42.0 Å². The molecule has 86 valence electrons. The number of hydrogen-bond donors (Lipinski definition) is 1. The fourth-order valence-electron chi connectivity index (χ4n) is 1.90. The standard InChI is InChI=1S/C12H15ClN2O/c1-8(9-4-2-5-9)15-12(16)10-6-3-7-14-11(10)13/h3,6-9H,2,4-5H2,1H3,(H,15,16). The second-order valence-corrected chi connectivity index (χ2v) is 4.65. The summed E-state index contributed by atoms with van der Waals surface area (Å²) >= 11 is 5.86. The average Bonchev–Trinajstić information content (AvgIpc) is 2.15. The van der Waals surface area contributed by atoms with E-state index in [9.17, 15) is 4.79 Å². The molecule has 1 atom stereocenters. The van der Waals surface area contributed by atoms with Crippen molar-refractivity contribution >= 4 is 17.5 Å². The summed E-state index contributed by atoms with van der Waals surface area (Å²) in [5, 5.41) is 3.24. The quantitative estimate of drug-likeness (QED) is 0.823. The van der Waals surface area contributed by atoms with Gasteiger partial charge >= 0.3 is 0 Å². The number of aromatic nitrogens is 1. The van der Waals surface area contributed by atoms with Crippen molar-refractivity contribution in [2.75, 3.05) is 0 Å². The Hall–Kier alpha value is -1.09. The van der Waals surface area contributed by atoms with Crippen LogP contribution in [0, 0.1) is 5.92 Å². The molecule has 3 nitrogen and oxygen atoms in total. The van der Waals surface area contributed by atoms with E-state index >= 15 is 0 Å². The van der Waals surface area contributed by atoms with Crippen molar-refractivity contribution in [1.29, 1.82) is 0 Å². The molecule has 1 amide bonds. The van der Waals surface area contributed by atoms with Gasteiger partial charge in [-0.2, -0.15) is 0 Å². The number of halogens is 1. The molecule has 0 radical (unpaired) electrons. The third kappa shape index (κ3) is 2.35. The zero-order valence-corrected chi connectivity index (χ0v) is 10.00. The zero-order valence-electron chi connectivity index (χ0n) is 9.24. The number of nitrogens with zero attached hydrogens (tertiary/aromatic N) is 1. The molecule has 4 heteroatoms. The van der Waals surface area contributed by atoms with Crippen molar-refractivity contribution in [3.8, 4) is 0 Å². The minimum Gasteiger partial charge on any atom is -0.349 e. The van der Waals surface area contributed by atoms with Crippen molar-refractivity contribution in [2.45, 2.75) is 32.2 Å². The molecule has 1 aromatic heterocycles. The first-order valence-corrected chi connectivity index (χ1v) is 5.97. The molecule has 1 aliphatic rings. The Balaban J connectivity index is 2.00. The van der Waals surface area contributed by atoms with E-state index in [4.69, 9.17) is 11.6 Å². The summed E-state index contributed by atoms with van der Waals surface area (Å²) in [6.45, 7) is 2.05. The largest absolute Gasteiger partial charge is 0.349 e. The van der Waals surface area contributed by atoms with Gasteiger partial charge in [-0.25, -0.2) is 4.98 Å². The van der Waals surface area contributed by atoms with Crippen LogP contribution >= 0.6 is 11.6 Å². The van der Waals surface area contributed by atoms with Crippen LogP contribution in [-0.2, 0) is 0 Å². The fraction of sp³-hybridized carbons (Fsp3) is 0.500. The maximum Gasteiger partial charge on any atom is 0.254 e. The number of amides is 1. The van der Waals surface area contributed by atoms with E-state index in [2.05, 4.69) is 10.3 Å². The molecule has 0 aromatic carbocycles. The molecule has 0 aliphatic heterocycles. The van der Waals surface area contributed by atoms with Crippen LogP contribution < -0.4 is 5.32 Å². The highest BCUT2D eigenvalue weighted by Crippen LogP contribution is 2.29. The number of rotatable bonds is 3. The second kappa shape index (κ2) is 4.83. The fourth-order valence-corrected chi connectivity index (χ4v) is 2.10. The Morgan fingerprint density at radius 2 is 2.38 bits per heavy atom. The van der Waals surface area contributed by atoms with Gasteiger partial charge in [-0.15, -0.1) is 0 Å². The molecule has 0 spiro atoms. The Labute approximate surface area is 100 Å². The van der Waals surface area contributed by atoms with Crippen molar-refractivity contribution in [1.82, 2.24) is 10.3 Å². The molecular weight excluding hydrogens is 224 g/mol. The van der Waals surface area contributed by atoms with E-state index in [0.717, 1.165) is 0 Å². The SMILES string of the molecule is CC(NC(=O)c1cccnc1Cl)C1CCC1.